The van der Waals surface area contributed by atoms with Gasteiger partial charge in [-0.2, -0.15) is 0 Å². The molecule has 16 heavy (non-hydrogen) atoms. The molecule has 2 atom stereocenters. The van der Waals surface area contributed by atoms with E-state index in [0.29, 0.717) is 18.4 Å². The molecule has 94 valence electrons. The highest BCUT2D eigenvalue weighted by Crippen LogP contribution is 2.29. The van der Waals surface area contributed by atoms with Crippen LogP contribution in [0.3, 0.4) is 0 Å². The van der Waals surface area contributed by atoms with E-state index in [1.807, 2.05) is 0 Å². The van der Waals surface area contributed by atoms with E-state index in [-0.39, 0.29) is 5.91 Å². The second-order valence-corrected chi connectivity index (χ2v) is 5.60. The van der Waals surface area contributed by atoms with Crippen LogP contribution in [0.1, 0.15) is 39.5 Å². The SMILES string of the molecule is CC(C)CN(C)C1CCCC(N)(C(N)=O)C1. The molecule has 0 saturated heterocycles. The van der Waals surface area contributed by atoms with Gasteiger partial charge in [0.05, 0.1) is 5.54 Å². The quantitative estimate of drug-likeness (QED) is 0.742. The van der Waals surface area contributed by atoms with Gasteiger partial charge in [0, 0.05) is 12.6 Å². The first kappa shape index (κ1) is 13.5. The van der Waals surface area contributed by atoms with Crippen LogP contribution in [0.2, 0.25) is 0 Å². The summed E-state index contributed by atoms with van der Waals surface area (Å²) < 4.78 is 0. The third kappa shape index (κ3) is 3.19. The van der Waals surface area contributed by atoms with Crippen LogP contribution in [-0.2, 0) is 4.79 Å². The molecular formula is C12H25N3O. The number of hydrogen-bond donors (Lipinski definition) is 2. The Labute approximate surface area is 98.3 Å². The van der Waals surface area contributed by atoms with Crippen molar-refractivity contribution in [3.63, 3.8) is 0 Å². The summed E-state index contributed by atoms with van der Waals surface area (Å²) in [4.78, 5) is 13.7. The second kappa shape index (κ2) is 5.15. The van der Waals surface area contributed by atoms with Gasteiger partial charge < -0.3 is 16.4 Å². The zero-order valence-electron chi connectivity index (χ0n) is 10.7. The molecule has 0 heterocycles. The molecule has 4 nitrogen and oxygen atoms in total. The fourth-order valence-corrected chi connectivity index (χ4v) is 2.60. The molecule has 0 aromatic rings. The van der Waals surface area contributed by atoms with Gasteiger partial charge in [0.2, 0.25) is 5.91 Å². The van der Waals surface area contributed by atoms with Crippen LogP contribution >= 0.6 is 0 Å². The smallest absolute Gasteiger partial charge is 0.237 e. The van der Waals surface area contributed by atoms with E-state index in [9.17, 15) is 4.79 Å². The lowest BCUT2D eigenvalue weighted by molar-refractivity contribution is -0.125. The fourth-order valence-electron chi connectivity index (χ4n) is 2.60. The molecule has 1 fully saturated rings. The summed E-state index contributed by atoms with van der Waals surface area (Å²) in [6, 6.07) is 0.397. The van der Waals surface area contributed by atoms with Crippen LogP contribution in [0.25, 0.3) is 0 Å². The first-order valence-corrected chi connectivity index (χ1v) is 6.14. The predicted octanol–water partition coefficient (Wildman–Crippen LogP) is 0.700. The Kier molecular flexibility index (Phi) is 4.33. The molecule has 0 aliphatic heterocycles. The van der Waals surface area contributed by atoms with E-state index >= 15 is 0 Å². The Balaban J connectivity index is 2.59. The van der Waals surface area contributed by atoms with Gasteiger partial charge in [-0.3, -0.25) is 4.79 Å². The van der Waals surface area contributed by atoms with E-state index in [2.05, 4.69) is 25.8 Å². The first-order chi connectivity index (χ1) is 7.35. The topological polar surface area (TPSA) is 72.3 Å². The maximum atomic E-state index is 11.3. The molecule has 1 saturated carbocycles. The highest BCUT2D eigenvalue weighted by atomic mass is 16.1. The summed E-state index contributed by atoms with van der Waals surface area (Å²) in [5.41, 5.74) is 10.7. The standard InChI is InChI=1S/C12H25N3O/c1-9(2)8-15(3)10-5-4-6-12(14,7-10)11(13)16/h9-10H,4-8,14H2,1-3H3,(H2,13,16). The Hall–Kier alpha value is -0.610. The zero-order valence-corrected chi connectivity index (χ0v) is 10.7. The van der Waals surface area contributed by atoms with Crippen LogP contribution in [0.4, 0.5) is 0 Å². The molecular weight excluding hydrogens is 202 g/mol. The van der Waals surface area contributed by atoms with Gasteiger partial charge in [-0.25, -0.2) is 0 Å². The number of nitrogens with two attached hydrogens (primary N) is 2. The Morgan fingerprint density at radius 1 is 1.56 bits per heavy atom. The van der Waals surface area contributed by atoms with E-state index in [1.54, 1.807) is 0 Å². The molecule has 4 heteroatoms. The van der Waals surface area contributed by atoms with E-state index in [1.165, 1.54) is 0 Å². The van der Waals surface area contributed by atoms with Gasteiger partial charge in [-0.1, -0.05) is 13.8 Å². The van der Waals surface area contributed by atoms with Crippen molar-refractivity contribution in [2.45, 2.75) is 51.1 Å². The van der Waals surface area contributed by atoms with Crippen LogP contribution in [0.15, 0.2) is 0 Å². The number of hydrogen-bond acceptors (Lipinski definition) is 3. The lowest BCUT2D eigenvalue weighted by atomic mass is 9.78. The van der Waals surface area contributed by atoms with Crippen LogP contribution in [0.5, 0.6) is 0 Å². The van der Waals surface area contributed by atoms with Crippen molar-refractivity contribution in [3.8, 4) is 0 Å². The highest BCUT2D eigenvalue weighted by molar-refractivity contribution is 5.84. The minimum atomic E-state index is -0.784. The zero-order chi connectivity index (χ0) is 12.3. The molecule has 1 aliphatic rings. The van der Waals surface area contributed by atoms with Crippen molar-refractivity contribution < 1.29 is 4.79 Å². The Bertz CT molecular complexity index is 255. The molecule has 1 rings (SSSR count). The number of carbonyl (C=O) groups excluding carboxylic acids is 1. The normalized spacial score (nSPS) is 31.0. The lowest BCUT2D eigenvalue weighted by Crippen LogP contribution is -2.58. The second-order valence-electron chi connectivity index (χ2n) is 5.60. The highest BCUT2D eigenvalue weighted by Gasteiger charge is 2.38. The van der Waals surface area contributed by atoms with Gasteiger partial charge >= 0.3 is 0 Å². The first-order valence-electron chi connectivity index (χ1n) is 6.14. The van der Waals surface area contributed by atoms with Crippen molar-refractivity contribution in [2.24, 2.45) is 17.4 Å². The van der Waals surface area contributed by atoms with E-state index in [0.717, 1.165) is 25.8 Å². The maximum Gasteiger partial charge on any atom is 0.237 e. The molecule has 4 N–H and O–H groups in total. The average molecular weight is 227 g/mol. The predicted molar refractivity (Wildman–Crippen MR) is 65.8 cm³/mol. The van der Waals surface area contributed by atoms with Gasteiger partial charge in [0.25, 0.3) is 0 Å². The summed E-state index contributed by atoms with van der Waals surface area (Å²) in [6.45, 7) is 5.44. The summed E-state index contributed by atoms with van der Waals surface area (Å²) >= 11 is 0. The summed E-state index contributed by atoms with van der Waals surface area (Å²) in [7, 11) is 2.11. The third-order valence-electron chi connectivity index (χ3n) is 3.53. The molecule has 0 aromatic carbocycles. The lowest BCUT2D eigenvalue weighted by Gasteiger charge is -2.40. The number of rotatable bonds is 4. The number of primary amides is 1. The minimum absolute atomic E-state index is 0.352. The molecule has 1 amide bonds. The van der Waals surface area contributed by atoms with Gasteiger partial charge in [0.1, 0.15) is 0 Å². The van der Waals surface area contributed by atoms with Crippen molar-refractivity contribution >= 4 is 5.91 Å². The summed E-state index contributed by atoms with van der Waals surface area (Å²) in [5, 5.41) is 0. The molecule has 2 unspecified atom stereocenters. The Morgan fingerprint density at radius 3 is 2.69 bits per heavy atom. The van der Waals surface area contributed by atoms with Crippen molar-refractivity contribution in [3.05, 3.63) is 0 Å². The summed E-state index contributed by atoms with van der Waals surface area (Å²) in [6.07, 6.45) is 3.54. The molecule has 0 spiro atoms. The van der Waals surface area contributed by atoms with Crippen molar-refractivity contribution in [1.29, 1.82) is 0 Å². The van der Waals surface area contributed by atoms with Crippen LogP contribution < -0.4 is 11.5 Å². The van der Waals surface area contributed by atoms with Crippen molar-refractivity contribution in [2.75, 3.05) is 13.6 Å². The van der Waals surface area contributed by atoms with Gasteiger partial charge in [0.15, 0.2) is 0 Å². The fraction of sp³-hybridized carbons (Fsp3) is 0.917. The maximum absolute atomic E-state index is 11.3. The Morgan fingerprint density at radius 2 is 2.19 bits per heavy atom. The average Bonchev–Trinajstić information content (AvgIpc) is 2.16. The third-order valence-corrected chi connectivity index (χ3v) is 3.53. The molecule has 1 aliphatic carbocycles. The van der Waals surface area contributed by atoms with E-state index in [4.69, 9.17) is 11.5 Å². The largest absolute Gasteiger partial charge is 0.368 e. The molecule has 0 aromatic heterocycles. The van der Waals surface area contributed by atoms with Gasteiger partial charge in [-0.15, -0.1) is 0 Å². The molecule has 0 bridgehead atoms. The monoisotopic (exact) mass is 227 g/mol. The van der Waals surface area contributed by atoms with Crippen LogP contribution in [0, 0.1) is 5.92 Å². The molecule has 0 radical (unpaired) electrons. The van der Waals surface area contributed by atoms with Crippen LogP contribution in [-0.4, -0.2) is 36.0 Å². The van der Waals surface area contributed by atoms with Crippen molar-refractivity contribution in [1.82, 2.24) is 4.90 Å². The number of carbonyl (C=O) groups is 1. The summed E-state index contributed by atoms with van der Waals surface area (Å²) in [5.74, 6) is 0.280. The van der Waals surface area contributed by atoms with Gasteiger partial charge in [-0.05, 0) is 38.6 Å². The number of nitrogens with zero attached hydrogens (tertiary/aromatic N) is 1. The number of amides is 1. The van der Waals surface area contributed by atoms with E-state index < -0.39 is 5.54 Å². The minimum Gasteiger partial charge on any atom is -0.368 e.